The van der Waals surface area contributed by atoms with Crippen LogP contribution in [0.2, 0.25) is 0 Å². The van der Waals surface area contributed by atoms with E-state index in [4.69, 9.17) is 10.7 Å². The van der Waals surface area contributed by atoms with Crippen LogP contribution in [0.15, 0.2) is 75.9 Å². The molecule has 3 heteroatoms. The Bertz CT molecular complexity index is 1190. The molecule has 0 amide bonds. The van der Waals surface area contributed by atoms with Gasteiger partial charge in [0.25, 0.3) is 0 Å². The van der Waals surface area contributed by atoms with E-state index >= 15 is 0 Å². The third-order valence-electron chi connectivity index (χ3n) is 7.54. The molecule has 0 radical (unpaired) electrons. The van der Waals surface area contributed by atoms with Crippen LogP contribution >= 0.6 is 0 Å². The van der Waals surface area contributed by atoms with Crippen LogP contribution in [0.1, 0.15) is 83.7 Å². The van der Waals surface area contributed by atoms with Crippen molar-refractivity contribution in [1.29, 1.82) is 0 Å². The monoisotopic (exact) mass is 469 g/mol. The predicted molar refractivity (Wildman–Crippen MR) is 154 cm³/mol. The summed E-state index contributed by atoms with van der Waals surface area (Å²) in [4.78, 5) is 4.86. The van der Waals surface area contributed by atoms with E-state index in [1.807, 2.05) is 12.3 Å². The molecule has 0 saturated heterocycles. The molecule has 2 aliphatic rings. The van der Waals surface area contributed by atoms with E-state index in [9.17, 15) is 0 Å². The van der Waals surface area contributed by atoms with Crippen LogP contribution in [0.4, 0.5) is 0 Å². The van der Waals surface area contributed by atoms with Crippen molar-refractivity contribution in [1.82, 2.24) is 4.57 Å². The van der Waals surface area contributed by atoms with Gasteiger partial charge in [0.05, 0.1) is 0 Å². The van der Waals surface area contributed by atoms with Gasteiger partial charge < -0.3 is 4.57 Å². The molecule has 0 spiro atoms. The molecule has 1 aromatic heterocycles. The van der Waals surface area contributed by atoms with Gasteiger partial charge in [-0.25, -0.2) is 0 Å². The Balaban J connectivity index is 2.15. The highest BCUT2D eigenvalue weighted by Crippen LogP contribution is 2.42. The number of nitrogens with zero attached hydrogens (tertiary/aromatic N) is 2. The maximum atomic E-state index is 6.78. The molecule has 35 heavy (non-hydrogen) atoms. The average molecular weight is 470 g/mol. The minimum atomic E-state index is -0.470. The fraction of sp³-hybridized carbons (Fsp3) is 0.406. The third kappa shape index (κ3) is 5.06. The largest absolute Gasteiger partial charge is 0.313 e. The molecule has 0 aliphatic heterocycles. The number of rotatable bonds is 8. The second-order valence-electron chi connectivity index (χ2n) is 9.79. The molecule has 2 aliphatic carbocycles. The Morgan fingerprint density at radius 1 is 1.17 bits per heavy atom. The van der Waals surface area contributed by atoms with Crippen LogP contribution in [0.3, 0.4) is 0 Å². The molecule has 3 atom stereocenters. The first-order chi connectivity index (χ1) is 16.7. The summed E-state index contributed by atoms with van der Waals surface area (Å²) in [6.07, 6.45) is 17.5. The summed E-state index contributed by atoms with van der Waals surface area (Å²) in [6.45, 7) is 23.7. The minimum absolute atomic E-state index is 0.289. The quantitative estimate of drug-likeness (QED) is 0.303. The molecule has 0 bridgehead atoms. The number of aliphatic imine (C=N–C) groups is 1. The van der Waals surface area contributed by atoms with Gasteiger partial charge in [0.15, 0.2) is 6.29 Å². The van der Waals surface area contributed by atoms with Gasteiger partial charge >= 0.3 is 0 Å². The topological polar surface area (TPSA) is 43.3 Å². The number of aromatic nitrogens is 1. The number of allylic oxidation sites excluding steroid dienone is 10. The van der Waals surface area contributed by atoms with E-state index in [1.165, 1.54) is 50.4 Å². The maximum absolute atomic E-state index is 6.78. The van der Waals surface area contributed by atoms with Crippen molar-refractivity contribution in [2.45, 2.75) is 74.0 Å². The van der Waals surface area contributed by atoms with Crippen molar-refractivity contribution in [2.24, 2.45) is 22.6 Å². The fourth-order valence-electron chi connectivity index (χ4n) is 5.56. The highest BCUT2D eigenvalue weighted by atomic mass is 15.2. The van der Waals surface area contributed by atoms with Crippen molar-refractivity contribution in [3.63, 3.8) is 0 Å². The summed E-state index contributed by atoms with van der Waals surface area (Å²) >= 11 is 0. The van der Waals surface area contributed by atoms with Crippen molar-refractivity contribution in [3.05, 3.63) is 93.4 Å². The first-order valence-corrected chi connectivity index (χ1v) is 13.0. The number of nitrogens with two attached hydrogens (primary N) is 1. The van der Waals surface area contributed by atoms with Crippen molar-refractivity contribution in [3.8, 4) is 0 Å². The molecular weight excluding hydrogens is 426 g/mol. The number of hydrogen-bond acceptors (Lipinski definition) is 2. The lowest BCUT2D eigenvalue weighted by Crippen LogP contribution is -2.21. The number of hydrogen-bond donors (Lipinski definition) is 1. The lowest BCUT2D eigenvalue weighted by Gasteiger charge is -2.19. The zero-order valence-electron chi connectivity index (χ0n) is 22.8. The Hall–Kier alpha value is -2.91. The van der Waals surface area contributed by atoms with Crippen LogP contribution in [-0.4, -0.2) is 10.8 Å². The molecule has 3 unspecified atom stereocenters. The molecule has 1 heterocycles. The van der Waals surface area contributed by atoms with Crippen LogP contribution < -0.4 is 5.73 Å². The first-order valence-electron chi connectivity index (χ1n) is 13.0. The molecule has 0 saturated carbocycles. The predicted octanol–water partition coefficient (Wildman–Crippen LogP) is 8.14. The molecular formula is C32H43N3. The highest BCUT2D eigenvalue weighted by molar-refractivity contribution is 5.81. The Morgan fingerprint density at radius 2 is 1.83 bits per heavy atom. The van der Waals surface area contributed by atoms with E-state index in [1.54, 1.807) is 0 Å². The van der Waals surface area contributed by atoms with Crippen LogP contribution in [0.5, 0.6) is 0 Å². The molecule has 2 N–H and O–H groups in total. The molecule has 186 valence electrons. The SMILES string of the molecule is C=CC1=C(C)/C(=C/c2c(/C=C\C)c(CC)n(C(N)/N=C\C3=CCC(C)=CC3C)c2CC)C(=C)C1C. The van der Waals surface area contributed by atoms with Crippen molar-refractivity contribution >= 4 is 18.4 Å². The van der Waals surface area contributed by atoms with Gasteiger partial charge in [0, 0.05) is 40.6 Å². The fourth-order valence-corrected chi connectivity index (χ4v) is 5.56. The minimum Gasteiger partial charge on any atom is -0.313 e. The van der Waals surface area contributed by atoms with Crippen molar-refractivity contribution in [2.75, 3.05) is 0 Å². The summed E-state index contributed by atoms with van der Waals surface area (Å²) in [5.41, 5.74) is 19.2. The Morgan fingerprint density at radius 3 is 2.37 bits per heavy atom. The van der Waals surface area contributed by atoms with Gasteiger partial charge in [-0.1, -0.05) is 76.8 Å². The van der Waals surface area contributed by atoms with Gasteiger partial charge in [-0.3, -0.25) is 10.7 Å². The van der Waals surface area contributed by atoms with Gasteiger partial charge in [-0.05, 0) is 74.0 Å². The molecule has 0 fully saturated rings. The molecule has 3 rings (SSSR count). The summed E-state index contributed by atoms with van der Waals surface area (Å²) < 4.78 is 2.25. The average Bonchev–Trinajstić information content (AvgIpc) is 3.24. The standard InChI is InChI=1S/C32H43N3/c1-10-14-27-29(18-28-23(8)22(7)26(11-2)24(28)9)31(13-4)35(30(27)12-3)32(33)34-19-25-16-15-20(5)17-21(25)6/h10-11,14,16-19,21-22,32H,2,8,12-13,15,33H2,1,3-7,9H3/b14-10-,28-18+,34-19-. The van der Waals surface area contributed by atoms with Gasteiger partial charge in [-0.15, -0.1) is 0 Å². The van der Waals surface area contributed by atoms with Crippen molar-refractivity contribution < 1.29 is 0 Å². The molecule has 0 aromatic carbocycles. The highest BCUT2D eigenvalue weighted by Gasteiger charge is 2.28. The van der Waals surface area contributed by atoms with Gasteiger partial charge in [0.1, 0.15) is 0 Å². The molecule has 1 aromatic rings. The van der Waals surface area contributed by atoms with Gasteiger partial charge in [-0.2, -0.15) is 0 Å². The summed E-state index contributed by atoms with van der Waals surface area (Å²) in [5, 5.41) is 0. The van der Waals surface area contributed by atoms with Gasteiger partial charge in [0.2, 0.25) is 0 Å². The van der Waals surface area contributed by atoms with E-state index < -0.39 is 6.29 Å². The van der Waals surface area contributed by atoms with Crippen LogP contribution in [-0.2, 0) is 12.8 Å². The second kappa shape index (κ2) is 11.2. The van der Waals surface area contributed by atoms with E-state index in [-0.39, 0.29) is 5.92 Å². The van der Waals surface area contributed by atoms with Crippen LogP contribution in [0, 0.1) is 11.8 Å². The second-order valence-corrected chi connectivity index (χ2v) is 9.79. The summed E-state index contributed by atoms with van der Waals surface area (Å²) in [7, 11) is 0. The normalized spacial score (nSPS) is 23.1. The van der Waals surface area contributed by atoms with E-state index in [2.05, 4.69) is 96.6 Å². The Labute approximate surface area is 212 Å². The third-order valence-corrected chi connectivity index (χ3v) is 7.54. The molecule has 3 nitrogen and oxygen atoms in total. The zero-order chi connectivity index (χ0) is 25.9. The Kier molecular flexibility index (Phi) is 8.56. The summed E-state index contributed by atoms with van der Waals surface area (Å²) in [6, 6.07) is 0. The van der Waals surface area contributed by atoms with E-state index in [0.717, 1.165) is 24.8 Å². The zero-order valence-corrected chi connectivity index (χ0v) is 22.8. The maximum Gasteiger partial charge on any atom is 0.177 e. The smallest absolute Gasteiger partial charge is 0.177 e. The van der Waals surface area contributed by atoms with E-state index in [0.29, 0.717) is 5.92 Å². The van der Waals surface area contributed by atoms with Crippen LogP contribution in [0.25, 0.3) is 12.2 Å². The first kappa shape index (κ1) is 26.7. The lowest BCUT2D eigenvalue weighted by molar-refractivity contribution is 0.513. The lowest BCUT2D eigenvalue weighted by atomic mass is 9.92. The summed E-state index contributed by atoms with van der Waals surface area (Å²) in [5.74, 6) is 0.653.